The molecule has 0 spiro atoms. The molecule has 0 unspecified atom stereocenters. The van der Waals surface area contributed by atoms with Gasteiger partial charge in [0.25, 0.3) is 11.6 Å². The quantitative estimate of drug-likeness (QED) is 0.308. The normalized spacial score (nSPS) is 11.3. The van der Waals surface area contributed by atoms with E-state index in [0.29, 0.717) is 11.4 Å². The van der Waals surface area contributed by atoms with Gasteiger partial charge >= 0.3 is 0 Å². The number of nitro benzene ring substituents is 1. The Balaban J connectivity index is 1.59. The molecular weight excluding hydrogens is 429 g/mol. The summed E-state index contributed by atoms with van der Waals surface area (Å²) in [4.78, 5) is 22.3. The SMILES string of the molecule is Cc1c(C(=O)NCCNS(=O)(=O)c2cccc([N+](=O)[O-])c2)cnn1-c1ccc(F)cc1. The number of halogens is 1. The van der Waals surface area contributed by atoms with Crippen LogP contribution in [0, 0.1) is 22.9 Å². The van der Waals surface area contributed by atoms with Gasteiger partial charge in [0.1, 0.15) is 5.82 Å². The molecule has 3 aromatic rings. The second-order valence-electron chi connectivity index (χ2n) is 6.44. The molecule has 0 bridgehead atoms. The van der Waals surface area contributed by atoms with E-state index in [-0.39, 0.29) is 35.1 Å². The molecule has 0 saturated carbocycles. The molecule has 10 nitrogen and oxygen atoms in total. The predicted octanol–water partition coefficient (Wildman–Crippen LogP) is 1.94. The second-order valence-corrected chi connectivity index (χ2v) is 8.21. The van der Waals surface area contributed by atoms with Crippen LogP contribution in [-0.2, 0) is 10.0 Å². The Morgan fingerprint density at radius 2 is 1.90 bits per heavy atom. The molecule has 0 aliphatic heterocycles. The minimum absolute atomic E-state index is 0.0197. The number of aromatic nitrogens is 2. The largest absolute Gasteiger partial charge is 0.351 e. The van der Waals surface area contributed by atoms with E-state index in [9.17, 15) is 27.7 Å². The Morgan fingerprint density at radius 1 is 1.19 bits per heavy atom. The number of amides is 1. The lowest BCUT2D eigenvalue weighted by Gasteiger charge is -2.08. The first kappa shape index (κ1) is 22.1. The maximum atomic E-state index is 13.1. The number of benzene rings is 2. The van der Waals surface area contributed by atoms with Gasteiger partial charge in [0.05, 0.1) is 33.0 Å². The molecule has 1 amide bonds. The van der Waals surface area contributed by atoms with Gasteiger partial charge in [0.15, 0.2) is 0 Å². The van der Waals surface area contributed by atoms with E-state index in [0.717, 1.165) is 6.07 Å². The van der Waals surface area contributed by atoms with Gasteiger partial charge in [-0.3, -0.25) is 14.9 Å². The Labute approximate surface area is 176 Å². The van der Waals surface area contributed by atoms with Crippen LogP contribution in [0.5, 0.6) is 0 Å². The van der Waals surface area contributed by atoms with Crippen molar-refractivity contribution < 1.29 is 22.5 Å². The van der Waals surface area contributed by atoms with Crippen LogP contribution in [0.3, 0.4) is 0 Å². The lowest BCUT2D eigenvalue weighted by atomic mass is 10.2. The van der Waals surface area contributed by atoms with E-state index in [1.54, 1.807) is 6.92 Å². The highest BCUT2D eigenvalue weighted by atomic mass is 32.2. The summed E-state index contributed by atoms with van der Waals surface area (Å²) in [7, 11) is -3.98. The summed E-state index contributed by atoms with van der Waals surface area (Å²) in [5.74, 6) is -0.848. The molecule has 0 fully saturated rings. The van der Waals surface area contributed by atoms with Crippen molar-refractivity contribution in [2.75, 3.05) is 13.1 Å². The summed E-state index contributed by atoms with van der Waals surface area (Å²) >= 11 is 0. The number of hydrogen-bond donors (Lipinski definition) is 2. The van der Waals surface area contributed by atoms with Crippen molar-refractivity contribution in [3.63, 3.8) is 0 Å². The molecule has 31 heavy (non-hydrogen) atoms. The molecular formula is C19H18FN5O5S. The molecule has 1 heterocycles. The maximum absolute atomic E-state index is 13.1. The van der Waals surface area contributed by atoms with Crippen LogP contribution in [-0.4, -0.2) is 42.1 Å². The zero-order valence-corrected chi connectivity index (χ0v) is 17.1. The molecule has 12 heteroatoms. The highest BCUT2D eigenvalue weighted by molar-refractivity contribution is 7.89. The van der Waals surface area contributed by atoms with E-state index in [4.69, 9.17) is 0 Å². The van der Waals surface area contributed by atoms with E-state index in [1.165, 1.54) is 53.3 Å². The van der Waals surface area contributed by atoms with Crippen molar-refractivity contribution in [2.45, 2.75) is 11.8 Å². The summed E-state index contributed by atoms with van der Waals surface area (Å²) in [5.41, 5.74) is 1.06. The molecule has 2 aromatic carbocycles. The maximum Gasteiger partial charge on any atom is 0.270 e. The van der Waals surface area contributed by atoms with E-state index >= 15 is 0 Å². The van der Waals surface area contributed by atoms with Crippen LogP contribution in [0.2, 0.25) is 0 Å². The molecule has 2 N–H and O–H groups in total. The number of carbonyl (C=O) groups excluding carboxylic acids is 1. The molecule has 0 saturated heterocycles. The molecule has 0 atom stereocenters. The van der Waals surface area contributed by atoms with Gasteiger partial charge in [0.2, 0.25) is 10.0 Å². The third-order valence-corrected chi connectivity index (χ3v) is 5.83. The number of sulfonamides is 1. The Hall–Kier alpha value is -3.64. The van der Waals surface area contributed by atoms with Crippen molar-refractivity contribution in [3.05, 3.63) is 81.9 Å². The number of carbonyl (C=O) groups is 1. The summed E-state index contributed by atoms with van der Waals surface area (Å²) in [6.07, 6.45) is 1.36. The number of hydrogen-bond acceptors (Lipinski definition) is 6. The third kappa shape index (κ3) is 5.10. The highest BCUT2D eigenvalue weighted by Crippen LogP contribution is 2.17. The van der Waals surface area contributed by atoms with Crippen LogP contribution >= 0.6 is 0 Å². The summed E-state index contributed by atoms with van der Waals surface area (Å²) in [6.45, 7) is 1.53. The molecule has 0 radical (unpaired) electrons. The number of non-ortho nitro benzene ring substituents is 1. The predicted molar refractivity (Wildman–Crippen MR) is 109 cm³/mol. The first-order valence-electron chi connectivity index (χ1n) is 9.02. The van der Waals surface area contributed by atoms with Gasteiger partial charge in [-0.25, -0.2) is 22.2 Å². The first-order chi connectivity index (χ1) is 14.7. The Bertz CT molecular complexity index is 1220. The van der Waals surface area contributed by atoms with Gasteiger partial charge < -0.3 is 5.32 Å². The smallest absolute Gasteiger partial charge is 0.270 e. The third-order valence-electron chi connectivity index (χ3n) is 4.37. The topological polar surface area (TPSA) is 136 Å². The fourth-order valence-corrected chi connectivity index (χ4v) is 3.85. The minimum Gasteiger partial charge on any atom is -0.351 e. The molecule has 0 aliphatic carbocycles. The molecule has 1 aromatic heterocycles. The van der Waals surface area contributed by atoms with Crippen molar-refractivity contribution in [1.29, 1.82) is 0 Å². The van der Waals surface area contributed by atoms with Gasteiger partial charge in [-0.1, -0.05) is 6.07 Å². The molecule has 162 valence electrons. The fourth-order valence-electron chi connectivity index (χ4n) is 2.78. The van der Waals surface area contributed by atoms with Gasteiger partial charge in [-0.2, -0.15) is 5.10 Å². The Kier molecular flexibility index (Phi) is 6.42. The lowest BCUT2D eigenvalue weighted by Crippen LogP contribution is -2.34. The van der Waals surface area contributed by atoms with Gasteiger partial charge in [0, 0.05) is 25.2 Å². The second kappa shape index (κ2) is 9.02. The average Bonchev–Trinajstić information content (AvgIpc) is 3.13. The fraction of sp³-hybridized carbons (Fsp3) is 0.158. The molecule has 0 aliphatic rings. The average molecular weight is 447 g/mol. The zero-order chi connectivity index (χ0) is 22.6. The van der Waals surface area contributed by atoms with Crippen LogP contribution in [0.15, 0.2) is 59.6 Å². The number of nitro groups is 1. The summed E-state index contributed by atoms with van der Waals surface area (Å²) < 4.78 is 41.4. The van der Waals surface area contributed by atoms with Crippen molar-refractivity contribution in [1.82, 2.24) is 19.8 Å². The van der Waals surface area contributed by atoms with Crippen LogP contribution in [0.1, 0.15) is 16.1 Å². The number of rotatable bonds is 8. The lowest BCUT2D eigenvalue weighted by molar-refractivity contribution is -0.385. The van der Waals surface area contributed by atoms with Crippen molar-refractivity contribution in [2.24, 2.45) is 0 Å². The van der Waals surface area contributed by atoms with Crippen LogP contribution < -0.4 is 10.0 Å². The van der Waals surface area contributed by atoms with Gasteiger partial charge in [-0.15, -0.1) is 0 Å². The van der Waals surface area contributed by atoms with Crippen molar-refractivity contribution in [3.8, 4) is 5.69 Å². The van der Waals surface area contributed by atoms with Crippen LogP contribution in [0.4, 0.5) is 10.1 Å². The van der Waals surface area contributed by atoms with Crippen LogP contribution in [0.25, 0.3) is 5.69 Å². The van der Waals surface area contributed by atoms with E-state index in [1.807, 2.05) is 0 Å². The number of nitrogens with zero attached hydrogens (tertiary/aromatic N) is 3. The standard InChI is InChI=1S/C19H18FN5O5S/c1-13-18(12-22-24(13)15-7-5-14(20)6-8-15)19(26)21-9-10-23-31(29,30)17-4-2-3-16(11-17)25(27)28/h2-8,11-12,23H,9-10H2,1H3,(H,21,26). The zero-order valence-electron chi connectivity index (χ0n) is 16.3. The van der Waals surface area contributed by atoms with E-state index in [2.05, 4.69) is 15.1 Å². The highest BCUT2D eigenvalue weighted by Gasteiger charge is 2.18. The Morgan fingerprint density at radius 3 is 2.58 bits per heavy atom. The monoisotopic (exact) mass is 447 g/mol. The molecule has 3 rings (SSSR count). The van der Waals surface area contributed by atoms with E-state index < -0.39 is 20.9 Å². The first-order valence-corrected chi connectivity index (χ1v) is 10.5. The summed E-state index contributed by atoms with van der Waals surface area (Å²) in [5, 5.41) is 17.5. The summed E-state index contributed by atoms with van der Waals surface area (Å²) in [6, 6.07) is 10.3. The number of nitrogens with one attached hydrogen (secondary N) is 2. The minimum atomic E-state index is -3.98. The van der Waals surface area contributed by atoms with Crippen molar-refractivity contribution >= 4 is 21.6 Å². The van der Waals surface area contributed by atoms with Gasteiger partial charge in [-0.05, 0) is 37.3 Å².